The van der Waals surface area contributed by atoms with Gasteiger partial charge in [0, 0.05) is 37.7 Å². The molecular formula is C24H28N4O4. The van der Waals surface area contributed by atoms with Gasteiger partial charge in [0.15, 0.2) is 5.82 Å². The number of ether oxygens (including phenoxy) is 2. The van der Waals surface area contributed by atoms with Crippen molar-refractivity contribution in [3.8, 4) is 11.5 Å². The molecule has 0 bridgehead atoms. The number of amides is 1. The lowest BCUT2D eigenvalue weighted by Gasteiger charge is -2.17. The molecule has 1 aliphatic carbocycles. The Labute approximate surface area is 186 Å². The molecule has 8 nitrogen and oxygen atoms in total. The average molecular weight is 437 g/mol. The molecule has 2 aromatic carbocycles. The fourth-order valence-corrected chi connectivity index (χ4v) is 4.62. The van der Waals surface area contributed by atoms with Gasteiger partial charge in [-0.3, -0.25) is 9.89 Å². The Balaban J connectivity index is 1.35. The lowest BCUT2D eigenvalue weighted by atomic mass is 10.1. The summed E-state index contributed by atoms with van der Waals surface area (Å²) in [5.41, 5.74) is 3.14. The van der Waals surface area contributed by atoms with E-state index in [0.717, 1.165) is 40.9 Å². The van der Waals surface area contributed by atoms with Crippen molar-refractivity contribution in [1.29, 1.82) is 0 Å². The number of benzene rings is 2. The average Bonchev–Trinajstić information content (AvgIpc) is 3.53. The molecular weight excluding hydrogens is 408 g/mol. The number of nitrogens with zero attached hydrogens (tertiary/aromatic N) is 2. The van der Waals surface area contributed by atoms with Gasteiger partial charge in [0.2, 0.25) is 0 Å². The second kappa shape index (κ2) is 8.70. The van der Waals surface area contributed by atoms with Gasteiger partial charge in [0.1, 0.15) is 18.1 Å². The van der Waals surface area contributed by atoms with E-state index in [9.17, 15) is 9.90 Å². The maximum absolute atomic E-state index is 13.3. The summed E-state index contributed by atoms with van der Waals surface area (Å²) in [5, 5.41) is 22.2. The van der Waals surface area contributed by atoms with Gasteiger partial charge < -0.3 is 24.8 Å². The number of hydrogen-bond donors (Lipinski definition) is 3. The van der Waals surface area contributed by atoms with E-state index < -0.39 is 0 Å². The highest BCUT2D eigenvalue weighted by molar-refractivity contribution is 6.03. The summed E-state index contributed by atoms with van der Waals surface area (Å²) in [5.74, 6) is 1.26. The molecule has 32 heavy (non-hydrogen) atoms. The zero-order chi connectivity index (χ0) is 22.1. The third kappa shape index (κ3) is 3.98. The van der Waals surface area contributed by atoms with E-state index >= 15 is 0 Å². The second-order valence-corrected chi connectivity index (χ2v) is 8.55. The SMILES string of the molecule is COCCOc1ccc2c(c1)CN(C(=O)c1cc3c(NC4CCCC4)n[nH]c3cc1O)C2. The molecule has 1 aliphatic heterocycles. The fraction of sp³-hybridized carbons (Fsp3) is 0.417. The standard InChI is InChI=1S/C24H28N4O4/c1-31-8-9-32-18-7-6-15-13-28(14-16(15)10-18)24(30)20-11-19-21(12-22(20)29)26-27-23(19)25-17-4-2-3-5-17/h6-7,10-12,17,29H,2-5,8-9,13-14H2,1H3,(H2,25,26,27). The minimum absolute atomic E-state index is 0.0434. The summed E-state index contributed by atoms with van der Waals surface area (Å²) in [6, 6.07) is 9.62. The van der Waals surface area contributed by atoms with Crippen LogP contribution in [0.25, 0.3) is 10.9 Å². The minimum Gasteiger partial charge on any atom is -0.507 e. The number of methoxy groups -OCH3 is 1. The first-order valence-electron chi connectivity index (χ1n) is 11.1. The van der Waals surface area contributed by atoms with Crippen LogP contribution in [0.2, 0.25) is 0 Å². The number of phenols is 1. The Kier molecular flexibility index (Phi) is 5.61. The molecule has 2 heterocycles. The highest BCUT2D eigenvalue weighted by Gasteiger charge is 2.27. The molecule has 1 fully saturated rings. The summed E-state index contributed by atoms with van der Waals surface area (Å²) in [7, 11) is 1.64. The third-order valence-electron chi connectivity index (χ3n) is 6.35. The topological polar surface area (TPSA) is 99.7 Å². The normalized spacial score (nSPS) is 16.0. The van der Waals surface area contributed by atoms with E-state index in [1.54, 1.807) is 24.1 Å². The quantitative estimate of drug-likeness (QED) is 0.487. The number of carbonyl (C=O) groups excluding carboxylic acids is 1. The van der Waals surface area contributed by atoms with Crippen LogP contribution in [0.5, 0.6) is 11.5 Å². The zero-order valence-electron chi connectivity index (χ0n) is 18.2. The highest BCUT2D eigenvalue weighted by Crippen LogP contribution is 2.33. The Bertz CT molecular complexity index is 1140. The second-order valence-electron chi connectivity index (χ2n) is 8.55. The third-order valence-corrected chi connectivity index (χ3v) is 6.35. The summed E-state index contributed by atoms with van der Waals surface area (Å²) < 4.78 is 10.7. The van der Waals surface area contributed by atoms with Gasteiger partial charge in [-0.2, -0.15) is 5.10 Å². The lowest BCUT2D eigenvalue weighted by Crippen LogP contribution is -2.25. The van der Waals surface area contributed by atoms with Gasteiger partial charge in [-0.05, 0) is 42.2 Å². The molecule has 2 aliphatic rings. The van der Waals surface area contributed by atoms with E-state index in [0.29, 0.717) is 37.9 Å². The molecule has 168 valence electrons. The first kappa shape index (κ1) is 20.6. The van der Waals surface area contributed by atoms with Crippen LogP contribution in [0.15, 0.2) is 30.3 Å². The minimum atomic E-state index is -0.199. The van der Waals surface area contributed by atoms with Gasteiger partial charge in [-0.15, -0.1) is 0 Å². The Hall–Kier alpha value is -3.26. The number of carbonyl (C=O) groups is 1. The number of phenolic OH excluding ortho intramolecular Hbond substituents is 1. The molecule has 0 atom stereocenters. The van der Waals surface area contributed by atoms with Crippen LogP contribution in [0.1, 0.15) is 47.2 Å². The number of aromatic nitrogens is 2. The van der Waals surface area contributed by atoms with Crippen molar-refractivity contribution < 1.29 is 19.4 Å². The summed E-state index contributed by atoms with van der Waals surface area (Å²) >= 11 is 0. The molecule has 8 heteroatoms. The largest absolute Gasteiger partial charge is 0.507 e. The van der Waals surface area contributed by atoms with E-state index in [1.807, 2.05) is 18.2 Å². The molecule has 1 saturated carbocycles. The Morgan fingerprint density at radius 2 is 2.00 bits per heavy atom. The Morgan fingerprint density at radius 1 is 1.19 bits per heavy atom. The van der Waals surface area contributed by atoms with Crippen LogP contribution in [-0.2, 0) is 17.8 Å². The smallest absolute Gasteiger partial charge is 0.258 e. The number of rotatable bonds is 7. The number of aromatic hydroxyl groups is 1. The van der Waals surface area contributed by atoms with Crippen LogP contribution in [-0.4, -0.2) is 52.5 Å². The maximum atomic E-state index is 13.3. The molecule has 1 aromatic heterocycles. The fourth-order valence-electron chi connectivity index (χ4n) is 4.62. The first-order chi connectivity index (χ1) is 15.6. The van der Waals surface area contributed by atoms with Gasteiger partial charge in [-0.25, -0.2) is 0 Å². The number of hydrogen-bond acceptors (Lipinski definition) is 6. The molecule has 1 amide bonds. The molecule has 0 unspecified atom stereocenters. The van der Waals surface area contributed by atoms with E-state index in [4.69, 9.17) is 9.47 Å². The predicted octanol–water partition coefficient (Wildman–Crippen LogP) is 3.80. The lowest BCUT2D eigenvalue weighted by molar-refractivity contribution is 0.0748. The summed E-state index contributed by atoms with van der Waals surface area (Å²) in [4.78, 5) is 15.1. The zero-order valence-corrected chi connectivity index (χ0v) is 18.2. The van der Waals surface area contributed by atoms with Gasteiger partial charge in [-0.1, -0.05) is 18.9 Å². The number of aromatic amines is 1. The van der Waals surface area contributed by atoms with Gasteiger partial charge in [0.05, 0.1) is 17.7 Å². The number of anilines is 1. The number of nitrogens with one attached hydrogen (secondary N) is 2. The van der Waals surface area contributed by atoms with E-state index in [2.05, 4.69) is 15.5 Å². The van der Waals surface area contributed by atoms with Crippen molar-refractivity contribution >= 4 is 22.6 Å². The molecule has 0 saturated heterocycles. The maximum Gasteiger partial charge on any atom is 0.258 e. The van der Waals surface area contributed by atoms with Crippen molar-refractivity contribution in [3.05, 3.63) is 47.0 Å². The molecule has 5 rings (SSSR count). The van der Waals surface area contributed by atoms with Crippen molar-refractivity contribution in [2.45, 2.75) is 44.8 Å². The number of fused-ring (bicyclic) bond motifs is 2. The van der Waals surface area contributed by atoms with Crippen LogP contribution in [0.4, 0.5) is 5.82 Å². The van der Waals surface area contributed by atoms with Crippen LogP contribution in [0, 0.1) is 0 Å². The van der Waals surface area contributed by atoms with E-state index in [-0.39, 0.29) is 17.2 Å². The van der Waals surface area contributed by atoms with Crippen molar-refractivity contribution in [2.24, 2.45) is 0 Å². The van der Waals surface area contributed by atoms with Crippen LogP contribution >= 0.6 is 0 Å². The monoisotopic (exact) mass is 436 g/mol. The Morgan fingerprint density at radius 3 is 2.81 bits per heavy atom. The van der Waals surface area contributed by atoms with Gasteiger partial charge in [0.25, 0.3) is 5.91 Å². The van der Waals surface area contributed by atoms with Crippen molar-refractivity contribution in [3.63, 3.8) is 0 Å². The number of H-pyrrole nitrogens is 1. The summed E-state index contributed by atoms with van der Waals surface area (Å²) in [6.45, 7) is 1.98. The van der Waals surface area contributed by atoms with Crippen LogP contribution < -0.4 is 10.1 Å². The van der Waals surface area contributed by atoms with Crippen LogP contribution in [0.3, 0.4) is 0 Å². The van der Waals surface area contributed by atoms with Gasteiger partial charge >= 0.3 is 0 Å². The summed E-state index contributed by atoms with van der Waals surface area (Å²) in [6.07, 6.45) is 4.70. The van der Waals surface area contributed by atoms with E-state index in [1.165, 1.54) is 12.8 Å². The van der Waals surface area contributed by atoms with Crippen molar-refractivity contribution in [1.82, 2.24) is 15.1 Å². The molecule has 3 N–H and O–H groups in total. The molecule has 3 aromatic rings. The molecule has 0 radical (unpaired) electrons. The molecule has 0 spiro atoms. The first-order valence-corrected chi connectivity index (χ1v) is 11.1. The predicted molar refractivity (Wildman–Crippen MR) is 121 cm³/mol. The highest BCUT2D eigenvalue weighted by atomic mass is 16.5. The van der Waals surface area contributed by atoms with Crippen molar-refractivity contribution in [2.75, 3.05) is 25.6 Å².